The van der Waals surface area contributed by atoms with Gasteiger partial charge in [-0.1, -0.05) is 0 Å². The lowest BCUT2D eigenvalue weighted by Gasteiger charge is -2.20. The number of benzene rings is 1. The van der Waals surface area contributed by atoms with Gasteiger partial charge in [-0.3, -0.25) is 9.78 Å². The number of hydrogen-bond acceptors (Lipinski definition) is 2. The van der Waals surface area contributed by atoms with Crippen LogP contribution in [0, 0.1) is 13.8 Å². The Kier molecular flexibility index (Phi) is 3.20. The number of carbonyl (C=O) groups is 1. The van der Waals surface area contributed by atoms with Crippen molar-refractivity contribution in [3.05, 3.63) is 40.1 Å². The zero-order valence-electron chi connectivity index (χ0n) is 12.0. The number of carboxylic acid groups (broad SMARTS) is 1. The van der Waals surface area contributed by atoms with Crippen LogP contribution >= 0.6 is 0 Å². The molecule has 1 N–H and O–H groups in total. The smallest absolute Gasteiger partial charge is 0.307 e. The summed E-state index contributed by atoms with van der Waals surface area (Å²) in [7, 11) is 0. The third kappa shape index (κ3) is 2.17. The van der Waals surface area contributed by atoms with Gasteiger partial charge in [0, 0.05) is 11.1 Å². The Morgan fingerprint density at radius 1 is 1.20 bits per heavy atom. The Morgan fingerprint density at radius 2 is 1.90 bits per heavy atom. The summed E-state index contributed by atoms with van der Waals surface area (Å²) in [5, 5.41) is 10.3. The summed E-state index contributed by atoms with van der Waals surface area (Å²) in [6.45, 7) is 4.14. The minimum absolute atomic E-state index is 0.101. The van der Waals surface area contributed by atoms with Gasteiger partial charge in [-0.25, -0.2) is 0 Å². The highest BCUT2D eigenvalue weighted by molar-refractivity contribution is 5.88. The summed E-state index contributed by atoms with van der Waals surface area (Å²) < 4.78 is 0. The fourth-order valence-electron chi connectivity index (χ4n) is 3.13. The van der Waals surface area contributed by atoms with Crippen LogP contribution in [0.25, 0.3) is 10.9 Å². The van der Waals surface area contributed by atoms with Crippen molar-refractivity contribution in [2.45, 2.75) is 46.0 Å². The highest BCUT2D eigenvalue weighted by Crippen LogP contribution is 2.31. The Morgan fingerprint density at radius 3 is 2.65 bits per heavy atom. The molecule has 0 spiro atoms. The van der Waals surface area contributed by atoms with Crippen LogP contribution in [-0.2, 0) is 24.1 Å². The van der Waals surface area contributed by atoms with Crippen LogP contribution in [0.2, 0.25) is 0 Å². The van der Waals surface area contributed by atoms with Crippen LogP contribution in [0.1, 0.15) is 40.8 Å². The number of rotatable bonds is 2. The van der Waals surface area contributed by atoms with Gasteiger partial charge in [-0.2, -0.15) is 0 Å². The lowest BCUT2D eigenvalue weighted by atomic mass is 9.88. The second-order valence-electron chi connectivity index (χ2n) is 5.75. The Hall–Kier alpha value is -1.90. The maximum atomic E-state index is 11.2. The van der Waals surface area contributed by atoms with Crippen LogP contribution in [0.3, 0.4) is 0 Å². The Balaban J connectivity index is 2.33. The van der Waals surface area contributed by atoms with Crippen molar-refractivity contribution in [2.75, 3.05) is 0 Å². The molecular weight excluding hydrogens is 250 g/mol. The predicted molar refractivity (Wildman–Crippen MR) is 79.2 cm³/mol. The van der Waals surface area contributed by atoms with Crippen molar-refractivity contribution in [1.82, 2.24) is 4.98 Å². The SMILES string of the molecule is Cc1cc2nc3c(c(CC(=O)O)c2cc1C)CCCC3. The lowest BCUT2D eigenvalue weighted by Crippen LogP contribution is -2.13. The summed E-state index contributed by atoms with van der Waals surface area (Å²) in [5.74, 6) is -0.761. The average molecular weight is 269 g/mol. The molecule has 3 heteroatoms. The first-order valence-electron chi connectivity index (χ1n) is 7.19. The molecule has 0 aliphatic heterocycles. The van der Waals surface area contributed by atoms with Gasteiger partial charge in [0.1, 0.15) is 0 Å². The fraction of sp³-hybridized carbons (Fsp3) is 0.412. The van der Waals surface area contributed by atoms with Crippen LogP contribution in [-0.4, -0.2) is 16.1 Å². The van der Waals surface area contributed by atoms with E-state index in [1.165, 1.54) is 16.7 Å². The Labute approximate surface area is 118 Å². The molecule has 1 aromatic carbocycles. The van der Waals surface area contributed by atoms with Crippen molar-refractivity contribution in [2.24, 2.45) is 0 Å². The number of aliphatic carboxylic acids is 1. The van der Waals surface area contributed by atoms with Gasteiger partial charge in [-0.15, -0.1) is 0 Å². The Bertz CT molecular complexity index is 704. The molecule has 0 saturated heterocycles. The third-order valence-corrected chi connectivity index (χ3v) is 4.32. The lowest BCUT2D eigenvalue weighted by molar-refractivity contribution is -0.136. The van der Waals surface area contributed by atoms with Gasteiger partial charge in [0.15, 0.2) is 0 Å². The van der Waals surface area contributed by atoms with Gasteiger partial charge in [0.25, 0.3) is 0 Å². The molecule has 2 aromatic rings. The molecule has 0 unspecified atom stereocenters. The first kappa shape index (κ1) is 13.1. The van der Waals surface area contributed by atoms with Crippen LogP contribution in [0.4, 0.5) is 0 Å². The van der Waals surface area contributed by atoms with Gasteiger partial charge in [0.05, 0.1) is 11.9 Å². The van der Waals surface area contributed by atoms with E-state index in [4.69, 9.17) is 4.98 Å². The van der Waals surface area contributed by atoms with Crippen LogP contribution in [0.15, 0.2) is 12.1 Å². The molecular formula is C17H19NO2. The van der Waals surface area contributed by atoms with E-state index in [0.29, 0.717) is 0 Å². The molecule has 0 radical (unpaired) electrons. The van der Waals surface area contributed by atoms with Gasteiger partial charge in [0.2, 0.25) is 0 Å². The molecule has 1 aliphatic rings. The van der Waals surface area contributed by atoms with Crippen LogP contribution in [0.5, 0.6) is 0 Å². The number of aryl methyl sites for hydroxylation is 3. The number of fused-ring (bicyclic) bond motifs is 2. The van der Waals surface area contributed by atoms with E-state index < -0.39 is 5.97 Å². The van der Waals surface area contributed by atoms with Crippen LogP contribution < -0.4 is 0 Å². The highest BCUT2D eigenvalue weighted by Gasteiger charge is 2.20. The maximum absolute atomic E-state index is 11.2. The molecule has 3 rings (SSSR count). The van der Waals surface area contributed by atoms with Gasteiger partial charge >= 0.3 is 5.97 Å². The summed E-state index contributed by atoms with van der Waals surface area (Å²) in [6, 6.07) is 4.19. The van der Waals surface area contributed by atoms with E-state index in [1.807, 2.05) is 0 Å². The molecule has 3 nitrogen and oxygen atoms in total. The largest absolute Gasteiger partial charge is 0.481 e. The molecule has 1 heterocycles. The molecule has 0 fully saturated rings. The standard InChI is InChI=1S/C17H19NO2/c1-10-7-14-13(9-17(19)20)12-5-3-4-6-15(12)18-16(14)8-11(10)2/h7-8H,3-6,9H2,1-2H3,(H,19,20). The molecule has 1 aliphatic carbocycles. The van der Waals surface area contributed by atoms with Crippen molar-refractivity contribution >= 4 is 16.9 Å². The van der Waals surface area contributed by atoms with E-state index in [-0.39, 0.29) is 6.42 Å². The molecule has 0 bridgehead atoms. The highest BCUT2D eigenvalue weighted by atomic mass is 16.4. The van der Waals surface area contributed by atoms with Crippen molar-refractivity contribution in [3.63, 3.8) is 0 Å². The van der Waals surface area contributed by atoms with Crippen molar-refractivity contribution in [1.29, 1.82) is 0 Å². The second kappa shape index (κ2) is 4.89. The monoisotopic (exact) mass is 269 g/mol. The van der Waals surface area contributed by atoms with Crippen molar-refractivity contribution < 1.29 is 9.90 Å². The topological polar surface area (TPSA) is 50.2 Å². The van der Waals surface area contributed by atoms with E-state index in [0.717, 1.165) is 47.8 Å². The van der Waals surface area contributed by atoms with Crippen molar-refractivity contribution in [3.8, 4) is 0 Å². The first-order chi connectivity index (χ1) is 9.56. The summed E-state index contributed by atoms with van der Waals surface area (Å²) in [5.41, 5.74) is 6.65. The average Bonchev–Trinajstić information content (AvgIpc) is 2.40. The van der Waals surface area contributed by atoms with E-state index in [9.17, 15) is 9.90 Å². The maximum Gasteiger partial charge on any atom is 0.307 e. The zero-order valence-corrected chi connectivity index (χ0v) is 12.0. The van der Waals surface area contributed by atoms with Gasteiger partial charge < -0.3 is 5.11 Å². The number of carboxylic acids is 1. The number of aromatic nitrogens is 1. The molecule has 104 valence electrons. The van der Waals surface area contributed by atoms with E-state index in [1.54, 1.807) is 0 Å². The predicted octanol–water partition coefficient (Wildman–Crippen LogP) is 3.36. The minimum atomic E-state index is -0.761. The zero-order chi connectivity index (χ0) is 14.3. The summed E-state index contributed by atoms with van der Waals surface area (Å²) in [4.78, 5) is 16.0. The van der Waals surface area contributed by atoms with E-state index in [2.05, 4.69) is 26.0 Å². The normalized spacial score (nSPS) is 14.3. The minimum Gasteiger partial charge on any atom is -0.481 e. The molecule has 20 heavy (non-hydrogen) atoms. The van der Waals surface area contributed by atoms with E-state index >= 15 is 0 Å². The molecule has 1 aromatic heterocycles. The fourth-order valence-corrected chi connectivity index (χ4v) is 3.13. The van der Waals surface area contributed by atoms with Gasteiger partial charge in [-0.05, 0) is 73.9 Å². The molecule has 0 atom stereocenters. The molecule has 0 saturated carbocycles. The number of pyridine rings is 1. The number of nitrogens with zero attached hydrogens (tertiary/aromatic N) is 1. The summed E-state index contributed by atoms with van der Waals surface area (Å²) >= 11 is 0. The first-order valence-corrected chi connectivity index (χ1v) is 7.19. The molecule has 0 amide bonds. The summed E-state index contributed by atoms with van der Waals surface area (Å²) in [6.07, 6.45) is 4.34. The number of hydrogen-bond donors (Lipinski definition) is 1. The third-order valence-electron chi connectivity index (χ3n) is 4.32. The second-order valence-corrected chi connectivity index (χ2v) is 5.75. The quantitative estimate of drug-likeness (QED) is 0.909.